The van der Waals surface area contributed by atoms with Crippen molar-refractivity contribution in [2.75, 3.05) is 20.2 Å². The topological polar surface area (TPSA) is 42.4 Å². The van der Waals surface area contributed by atoms with Gasteiger partial charge in [0.15, 0.2) is 0 Å². The molecule has 0 aromatic carbocycles. The summed E-state index contributed by atoms with van der Waals surface area (Å²) in [6.45, 7) is 1.69. The highest BCUT2D eigenvalue weighted by molar-refractivity contribution is 5.96. The van der Waals surface area contributed by atoms with Gasteiger partial charge in [-0.3, -0.25) is 4.79 Å². The number of rotatable bonds is 2. The number of pyridine rings is 1. The zero-order valence-electron chi connectivity index (χ0n) is 10.2. The minimum Gasteiger partial charge on any atom is -0.480 e. The van der Waals surface area contributed by atoms with Crippen LogP contribution in [0.4, 0.5) is 0 Å². The van der Waals surface area contributed by atoms with Crippen LogP contribution in [0.5, 0.6) is 5.88 Å². The molecule has 0 bridgehead atoms. The standard InChI is InChI=1S/C13H18N2O2/c1-17-12-11(7-6-8-14-12)13(16)15-9-4-2-3-5-10-15/h6-8H,2-5,9-10H2,1H3. The number of aromatic nitrogens is 1. The summed E-state index contributed by atoms with van der Waals surface area (Å²) in [4.78, 5) is 18.3. The second-order valence-electron chi connectivity index (χ2n) is 4.27. The number of nitrogens with zero attached hydrogens (tertiary/aromatic N) is 2. The number of ether oxygens (including phenoxy) is 1. The van der Waals surface area contributed by atoms with Crippen molar-refractivity contribution in [1.82, 2.24) is 9.88 Å². The van der Waals surface area contributed by atoms with E-state index in [2.05, 4.69) is 4.98 Å². The summed E-state index contributed by atoms with van der Waals surface area (Å²) in [5.74, 6) is 0.457. The second kappa shape index (κ2) is 5.66. The summed E-state index contributed by atoms with van der Waals surface area (Å²) in [5.41, 5.74) is 0.567. The number of carbonyl (C=O) groups excluding carboxylic acids is 1. The molecule has 0 atom stereocenters. The van der Waals surface area contributed by atoms with Crippen LogP contribution in [-0.4, -0.2) is 36.0 Å². The third kappa shape index (κ3) is 2.75. The molecule has 2 heterocycles. The van der Waals surface area contributed by atoms with E-state index in [0.29, 0.717) is 11.4 Å². The van der Waals surface area contributed by atoms with E-state index in [1.165, 1.54) is 12.8 Å². The maximum atomic E-state index is 12.3. The first-order valence-corrected chi connectivity index (χ1v) is 6.11. The molecule has 17 heavy (non-hydrogen) atoms. The normalized spacial score (nSPS) is 16.4. The number of carbonyl (C=O) groups is 1. The number of hydrogen-bond donors (Lipinski definition) is 0. The predicted molar refractivity (Wildman–Crippen MR) is 65.2 cm³/mol. The molecule has 0 radical (unpaired) electrons. The molecule has 1 saturated heterocycles. The van der Waals surface area contributed by atoms with Gasteiger partial charge >= 0.3 is 0 Å². The zero-order chi connectivity index (χ0) is 12.1. The minimum absolute atomic E-state index is 0.0388. The Morgan fingerprint density at radius 2 is 2.00 bits per heavy atom. The highest BCUT2D eigenvalue weighted by Gasteiger charge is 2.20. The summed E-state index contributed by atoms with van der Waals surface area (Å²) in [6, 6.07) is 3.55. The van der Waals surface area contributed by atoms with Crippen LogP contribution in [-0.2, 0) is 0 Å². The van der Waals surface area contributed by atoms with Crippen LogP contribution in [0.15, 0.2) is 18.3 Å². The first-order chi connectivity index (χ1) is 8.33. The fourth-order valence-corrected chi connectivity index (χ4v) is 2.16. The summed E-state index contributed by atoms with van der Waals surface area (Å²) < 4.78 is 5.13. The third-order valence-corrected chi connectivity index (χ3v) is 3.09. The average molecular weight is 234 g/mol. The molecule has 92 valence electrons. The third-order valence-electron chi connectivity index (χ3n) is 3.09. The first-order valence-electron chi connectivity index (χ1n) is 6.11. The van der Waals surface area contributed by atoms with Crippen LogP contribution >= 0.6 is 0 Å². The number of likely N-dealkylation sites (tertiary alicyclic amines) is 1. The van der Waals surface area contributed by atoms with Crippen molar-refractivity contribution in [1.29, 1.82) is 0 Å². The molecule has 1 aromatic heterocycles. The van der Waals surface area contributed by atoms with Crippen molar-refractivity contribution in [3.8, 4) is 5.88 Å². The van der Waals surface area contributed by atoms with Crippen molar-refractivity contribution in [3.05, 3.63) is 23.9 Å². The molecule has 1 fully saturated rings. The van der Waals surface area contributed by atoms with Gasteiger partial charge in [0.2, 0.25) is 5.88 Å². The molecule has 0 N–H and O–H groups in total. The van der Waals surface area contributed by atoms with Crippen LogP contribution < -0.4 is 4.74 Å². The monoisotopic (exact) mass is 234 g/mol. The van der Waals surface area contributed by atoms with Crippen LogP contribution in [0.25, 0.3) is 0 Å². The SMILES string of the molecule is COc1ncccc1C(=O)N1CCCCCC1. The summed E-state index contributed by atoms with van der Waals surface area (Å²) >= 11 is 0. The molecule has 1 aliphatic rings. The van der Waals surface area contributed by atoms with Gasteiger partial charge in [-0.05, 0) is 25.0 Å². The molecule has 4 heteroatoms. The van der Waals surface area contributed by atoms with E-state index < -0.39 is 0 Å². The number of methoxy groups -OCH3 is 1. The molecular formula is C13H18N2O2. The molecule has 0 aliphatic carbocycles. The fourth-order valence-electron chi connectivity index (χ4n) is 2.16. The van der Waals surface area contributed by atoms with Crippen molar-refractivity contribution in [2.24, 2.45) is 0 Å². The number of hydrogen-bond acceptors (Lipinski definition) is 3. The quantitative estimate of drug-likeness (QED) is 0.787. The molecule has 1 amide bonds. The Hall–Kier alpha value is -1.58. The smallest absolute Gasteiger partial charge is 0.259 e. The molecule has 1 aliphatic heterocycles. The van der Waals surface area contributed by atoms with Crippen molar-refractivity contribution in [3.63, 3.8) is 0 Å². The Bertz CT molecular complexity index is 385. The van der Waals surface area contributed by atoms with Crippen LogP contribution in [0.3, 0.4) is 0 Å². The second-order valence-corrected chi connectivity index (χ2v) is 4.27. The van der Waals surface area contributed by atoms with Gasteiger partial charge in [-0.25, -0.2) is 4.98 Å². The Morgan fingerprint density at radius 1 is 1.29 bits per heavy atom. The molecule has 0 saturated carbocycles. The molecule has 0 unspecified atom stereocenters. The zero-order valence-corrected chi connectivity index (χ0v) is 10.2. The lowest BCUT2D eigenvalue weighted by Crippen LogP contribution is -2.32. The van der Waals surface area contributed by atoms with Gasteiger partial charge in [0.05, 0.1) is 7.11 Å². The van der Waals surface area contributed by atoms with Gasteiger partial charge in [-0.2, -0.15) is 0 Å². The highest BCUT2D eigenvalue weighted by atomic mass is 16.5. The van der Waals surface area contributed by atoms with E-state index in [-0.39, 0.29) is 5.91 Å². The lowest BCUT2D eigenvalue weighted by Gasteiger charge is -2.20. The molecule has 4 nitrogen and oxygen atoms in total. The lowest BCUT2D eigenvalue weighted by atomic mass is 10.2. The van der Waals surface area contributed by atoms with Crippen LogP contribution in [0.2, 0.25) is 0 Å². The van der Waals surface area contributed by atoms with Crippen LogP contribution in [0, 0.1) is 0 Å². The summed E-state index contributed by atoms with van der Waals surface area (Å²) in [5, 5.41) is 0. The van der Waals surface area contributed by atoms with E-state index in [4.69, 9.17) is 4.74 Å². The van der Waals surface area contributed by atoms with E-state index >= 15 is 0 Å². The van der Waals surface area contributed by atoms with E-state index in [9.17, 15) is 4.79 Å². The van der Waals surface area contributed by atoms with Gasteiger partial charge < -0.3 is 9.64 Å². The average Bonchev–Trinajstić information content (AvgIpc) is 2.66. The predicted octanol–water partition coefficient (Wildman–Crippen LogP) is 2.11. The van der Waals surface area contributed by atoms with Crippen molar-refractivity contribution in [2.45, 2.75) is 25.7 Å². The van der Waals surface area contributed by atoms with Gasteiger partial charge in [-0.15, -0.1) is 0 Å². The highest BCUT2D eigenvalue weighted by Crippen LogP contribution is 2.18. The van der Waals surface area contributed by atoms with Gasteiger partial charge in [0.25, 0.3) is 5.91 Å². The van der Waals surface area contributed by atoms with Crippen molar-refractivity contribution < 1.29 is 9.53 Å². The molecule has 2 rings (SSSR count). The Morgan fingerprint density at radius 3 is 2.65 bits per heavy atom. The van der Waals surface area contributed by atoms with Gasteiger partial charge in [-0.1, -0.05) is 12.8 Å². The first kappa shape index (κ1) is 11.9. The molecular weight excluding hydrogens is 216 g/mol. The largest absolute Gasteiger partial charge is 0.480 e. The van der Waals surface area contributed by atoms with Crippen LogP contribution in [0.1, 0.15) is 36.0 Å². The lowest BCUT2D eigenvalue weighted by molar-refractivity contribution is 0.0757. The Labute approximate surface area is 102 Å². The van der Waals surface area contributed by atoms with Crippen molar-refractivity contribution >= 4 is 5.91 Å². The Balaban J connectivity index is 2.17. The summed E-state index contributed by atoms with van der Waals surface area (Å²) in [7, 11) is 1.54. The van der Waals surface area contributed by atoms with Gasteiger partial charge in [0.1, 0.15) is 5.56 Å². The minimum atomic E-state index is 0.0388. The molecule has 0 spiro atoms. The Kier molecular flexibility index (Phi) is 3.96. The van der Waals surface area contributed by atoms with Gasteiger partial charge in [0, 0.05) is 19.3 Å². The maximum Gasteiger partial charge on any atom is 0.259 e. The molecule has 1 aromatic rings. The number of amides is 1. The summed E-state index contributed by atoms with van der Waals surface area (Å²) in [6.07, 6.45) is 6.25. The van der Waals surface area contributed by atoms with E-state index in [0.717, 1.165) is 25.9 Å². The van der Waals surface area contributed by atoms with E-state index in [1.807, 2.05) is 4.90 Å². The fraction of sp³-hybridized carbons (Fsp3) is 0.538. The van der Waals surface area contributed by atoms with E-state index in [1.54, 1.807) is 25.4 Å². The maximum absolute atomic E-state index is 12.3.